The van der Waals surface area contributed by atoms with Gasteiger partial charge in [-0.3, -0.25) is 4.79 Å². The quantitative estimate of drug-likeness (QED) is 0.464. The van der Waals surface area contributed by atoms with Gasteiger partial charge in [0.05, 0.1) is 6.61 Å². The highest BCUT2D eigenvalue weighted by atomic mass is 16.5. The van der Waals surface area contributed by atoms with Crippen LogP contribution in [0.3, 0.4) is 0 Å². The van der Waals surface area contributed by atoms with Gasteiger partial charge >= 0.3 is 0 Å². The molecule has 194 valence electrons. The zero-order valence-corrected chi connectivity index (χ0v) is 22.1. The molecule has 0 N–H and O–H groups in total. The molecule has 2 fully saturated rings. The maximum atomic E-state index is 13.1. The minimum absolute atomic E-state index is 0.182. The number of carbonyl (C=O) groups excluding carboxylic acids is 1. The van der Waals surface area contributed by atoms with Gasteiger partial charge < -0.3 is 19.4 Å². The van der Waals surface area contributed by atoms with Gasteiger partial charge in [0.25, 0.3) is 5.91 Å². The summed E-state index contributed by atoms with van der Waals surface area (Å²) in [5, 5.41) is 0. The highest BCUT2D eigenvalue weighted by molar-refractivity contribution is 5.94. The Kier molecular flexibility index (Phi) is 8.47. The van der Waals surface area contributed by atoms with E-state index in [1.807, 2.05) is 11.0 Å². The van der Waals surface area contributed by atoms with Crippen LogP contribution in [0.5, 0.6) is 5.75 Å². The van der Waals surface area contributed by atoms with Crippen LogP contribution in [0.15, 0.2) is 42.5 Å². The Morgan fingerprint density at radius 1 is 0.917 bits per heavy atom. The maximum Gasteiger partial charge on any atom is 0.253 e. The summed E-state index contributed by atoms with van der Waals surface area (Å²) in [6.07, 6.45) is 9.91. The molecule has 5 heteroatoms. The van der Waals surface area contributed by atoms with Gasteiger partial charge in [0.15, 0.2) is 0 Å². The summed E-state index contributed by atoms with van der Waals surface area (Å²) in [7, 11) is 0. The lowest BCUT2D eigenvalue weighted by Gasteiger charge is -2.36. The van der Waals surface area contributed by atoms with Crippen molar-refractivity contribution in [1.82, 2.24) is 9.80 Å². The van der Waals surface area contributed by atoms with Crippen LogP contribution in [0, 0.1) is 5.92 Å². The molecule has 2 aromatic carbocycles. The van der Waals surface area contributed by atoms with Crippen LogP contribution >= 0.6 is 0 Å². The SMILES string of the molecule is CCC1CCCN(CCCOc2ccc(N3CCN(C(=O)c4ccc5c(c4)CCCC5)CC3)cc2)C1. The van der Waals surface area contributed by atoms with E-state index in [0.717, 1.165) is 75.8 Å². The van der Waals surface area contributed by atoms with Crippen molar-refractivity contribution in [3.05, 3.63) is 59.2 Å². The van der Waals surface area contributed by atoms with Crippen LogP contribution in [0.1, 0.15) is 66.9 Å². The standard InChI is InChI=1S/C31H43N3O2/c1-2-25-7-5-16-32(24-25)17-6-22-36-30-14-12-29(13-15-30)33-18-20-34(21-19-33)31(35)28-11-10-26-8-3-4-9-27(26)23-28/h10-15,23,25H,2-9,16-22,24H2,1H3. The fourth-order valence-electron chi connectivity index (χ4n) is 6.14. The van der Waals surface area contributed by atoms with Crippen molar-refractivity contribution in [3.8, 4) is 5.75 Å². The summed E-state index contributed by atoms with van der Waals surface area (Å²) >= 11 is 0. The summed E-state index contributed by atoms with van der Waals surface area (Å²) in [4.78, 5) is 20.1. The Labute approximate surface area is 217 Å². The summed E-state index contributed by atoms with van der Waals surface area (Å²) < 4.78 is 6.03. The van der Waals surface area contributed by atoms with Crippen LogP contribution < -0.4 is 9.64 Å². The zero-order valence-electron chi connectivity index (χ0n) is 22.1. The smallest absolute Gasteiger partial charge is 0.253 e. The van der Waals surface area contributed by atoms with E-state index < -0.39 is 0 Å². The minimum Gasteiger partial charge on any atom is -0.494 e. The van der Waals surface area contributed by atoms with E-state index in [-0.39, 0.29) is 5.91 Å². The molecule has 0 bridgehead atoms. The Bertz CT molecular complexity index is 997. The Hall–Kier alpha value is -2.53. The molecule has 0 spiro atoms. The number of benzene rings is 2. The molecule has 2 aliphatic heterocycles. The van der Waals surface area contributed by atoms with Gasteiger partial charge in [-0.05, 0) is 105 Å². The molecule has 1 unspecified atom stereocenters. The summed E-state index contributed by atoms with van der Waals surface area (Å²) in [5.74, 6) is 2.02. The average molecular weight is 490 g/mol. The number of nitrogens with zero attached hydrogens (tertiary/aromatic N) is 3. The predicted molar refractivity (Wildman–Crippen MR) is 147 cm³/mol. The van der Waals surface area contributed by atoms with Crippen molar-refractivity contribution in [2.24, 2.45) is 5.92 Å². The molecule has 5 rings (SSSR count). The van der Waals surface area contributed by atoms with Crippen LogP contribution in [0.25, 0.3) is 0 Å². The lowest BCUT2D eigenvalue weighted by Crippen LogP contribution is -2.48. The first-order chi connectivity index (χ1) is 17.7. The van der Waals surface area contributed by atoms with Gasteiger partial charge in [0.2, 0.25) is 0 Å². The van der Waals surface area contributed by atoms with Crippen LogP contribution in [0.2, 0.25) is 0 Å². The van der Waals surface area contributed by atoms with Gasteiger partial charge in [0.1, 0.15) is 5.75 Å². The average Bonchev–Trinajstić information content (AvgIpc) is 2.95. The van der Waals surface area contributed by atoms with Crippen LogP contribution in [-0.4, -0.2) is 68.1 Å². The molecule has 0 aromatic heterocycles. The van der Waals surface area contributed by atoms with E-state index in [2.05, 4.69) is 53.1 Å². The van der Waals surface area contributed by atoms with Crippen molar-refractivity contribution in [1.29, 1.82) is 0 Å². The second-order valence-corrected chi connectivity index (χ2v) is 10.9. The van der Waals surface area contributed by atoms with Crippen molar-refractivity contribution in [3.63, 3.8) is 0 Å². The molecule has 5 nitrogen and oxygen atoms in total. The van der Waals surface area contributed by atoms with E-state index in [0.29, 0.717) is 0 Å². The molecule has 3 aliphatic rings. The summed E-state index contributed by atoms with van der Waals surface area (Å²) in [6.45, 7) is 10.0. The molecule has 1 atom stereocenters. The molecular weight excluding hydrogens is 446 g/mol. The molecule has 36 heavy (non-hydrogen) atoms. The van der Waals surface area contributed by atoms with E-state index in [9.17, 15) is 4.79 Å². The Balaban J connectivity index is 1.05. The van der Waals surface area contributed by atoms with Crippen molar-refractivity contribution in [2.45, 2.75) is 58.3 Å². The first-order valence-electron chi connectivity index (χ1n) is 14.3. The number of aryl methyl sites for hydroxylation is 2. The summed E-state index contributed by atoms with van der Waals surface area (Å²) in [5.41, 5.74) is 4.88. The Morgan fingerprint density at radius 2 is 1.69 bits per heavy atom. The number of hydrogen-bond donors (Lipinski definition) is 0. The van der Waals surface area contributed by atoms with Crippen molar-refractivity contribution >= 4 is 11.6 Å². The number of piperidine rings is 1. The van der Waals surface area contributed by atoms with Crippen LogP contribution in [-0.2, 0) is 12.8 Å². The fourth-order valence-corrected chi connectivity index (χ4v) is 6.14. The second-order valence-electron chi connectivity index (χ2n) is 10.9. The second kappa shape index (κ2) is 12.1. The molecule has 1 amide bonds. The van der Waals surface area contributed by atoms with E-state index in [1.54, 1.807) is 0 Å². The topological polar surface area (TPSA) is 36.0 Å². The largest absolute Gasteiger partial charge is 0.494 e. The number of ether oxygens (including phenoxy) is 1. The lowest BCUT2D eigenvalue weighted by atomic mass is 9.90. The maximum absolute atomic E-state index is 13.1. The van der Waals surface area contributed by atoms with Gasteiger partial charge in [0, 0.05) is 50.5 Å². The molecule has 0 saturated carbocycles. The lowest BCUT2D eigenvalue weighted by molar-refractivity contribution is 0.0746. The number of hydrogen-bond acceptors (Lipinski definition) is 4. The predicted octanol–water partition coefficient (Wildman–Crippen LogP) is 5.42. The molecule has 2 heterocycles. The van der Waals surface area contributed by atoms with Gasteiger partial charge in [-0.2, -0.15) is 0 Å². The van der Waals surface area contributed by atoms with Gasteiger partial charge in [-0.1, -0.05) is 19.4 Å². The number of piperazine rings is 1. The van der Waals surface area contributed by atoms with E-state index in [1.165, 1.54) is 62.0 Å². The third-order valence-electron chi connectivity index (χ3n) is 8.43. The Morgan fingerprint density at radius 3 is 2.47 bits per heavy atom. The van der Waals surface area contributed by atoms with Crippen molar-refractivity contribution in [2.75, 3.05) is 57.3 Å². The van der Waals surface area contributed by atoms with Crippen molar-refractivity contribution < 1.29 is 9.53 Å². The normalized spacial score (nSPS) is 20.8. The number of rotatable bonds is 8. The minimum atomic E-state index is 0.182. The number of amides is 1. The number of fused-ring (bicyclic) bond motifs is 1. The van der Waals surface area contributed by atoms with Gasteiger partial charge in [-0.15, -0.1) is 0 Å². The molecule has 1 aliphatic carbocycles. The van der Waals surface area contributed by atoms with Crippen LogP contribution in [0.4, 0.5) is 5.69 Å². The van der Waals surface area contributed by atoms with Gasteiger partial charge in [-0.25, -0.2) is 0 Å². The zero-order chi connectivity index (χ0) is 24.7. The fraction of sp³-hybridized carbons (Fsp3) is 0.581. The monoisotopic (exact) mass is 489 g/mol. The third kappa shape index (κ3) is 6.23. The molecular formula is C31H43N3O2. The first-order valence-corrected chi connectivity index (χ1v) is 14.3. The highest BCUT2D eigenvalue weighted by Gasteiger charge is 2.23. The number of carbonyl (C=O) groups is 1. The molecule has 2 saturated heterocycles. The number of likely N-dealkylation sites (tertiary alicyclic amines) is 1. The highest BCUT2D eigenvalue weighted by Crippen LogP contribution is 2.25. The molecule has 0 radical (unpaired) electrons. The first kappa shape index (κ1) is 25.1. The number of anilines is 1. The van der Waals surface area contributed by atoms with E-state index >= 15 is 0 Å². The third-order valence-corrected chi connectivity index (χ3v) is 8.43. The molecule has 2 aromatic rings. The van der Waals surface area contributed by atoms with E-state index in [4.69, 9.17) is 4.74 Å². The summed E-state index contributed by atoms with van der Waals surface area (Å²) in [6, 6.07) is 14.9.